The summed E-state index contributed by atoms with van der Waals surface area (Å²) in [6, 6.07) is 11.6. The van der Waals surface area contributed by atoms with Crippen LogP contribution >= 0.6 is 0 Å². The van der Waals surface area contributed by atoms with Crippen LogP contribution in [0.5, 0.6) is 11.5 Å². The monoisotopic (exact) mass is 433 g/mol. The van der Waals surface area contributed by atoms with Crippen molar-refractivity contribution in [1.82, 2.24) is 4.31 Å². The van der Waals surface area contributed by atoms with Crippen molar-refractivity contribution >= 4 is 27.3 Å². The maximum Gasteiger partial charge on any atom is 0.243 e. The molecule has 1 heterocycles. The van der Waals surface area contributed by atoms with E-state index in [1.54, 1.807) is 49.5 Å². The summed E-state index contributed by atoms with van der Waals surface area (Å²) in [6.07, 6.45) is 1.74. The Morgan fingerprint density at radius 3 is 2.40 bits per heavy atom. The lowest BCUT2D eigenvalue weighted by Crippen LogP contribution is -2.28. The Bertz CT molecular complexity index is 977. The second-order valence-corrected chi connectivity index (χ2v) is 9.01. The Hall–Kier alpha value is -2.78. The molecule has 0 aliphatic carbocycles. The standard InChI is InChI=1S/C21H27N3O5S/c1-3-4-11-24(2)30(26,27)18-8-5-16(6-9-18)22-15-21(25)23-17-7-10-19-20(14-17)29-13-12-28-19/h5-10,14,22H,3-4,11-13,15H2,1-2H3,(H,23,25). The van der Waals surface area contributed by atoms with Gasteiger partial charge in [0.1, 0.15) is 13.2 Å². The number of fused-ring (bicyclic) bond motifs is 1. The van der Waals surface area contributed by atoms with Crippen molar-refractivity contribution in [2.75, 3.05) is 44.0 Å². The van der Waals surface area contributed by atoms with Gasteiger partial charge in [0.05, 0.1) is 11.4 Å². The zero-order chi connectivity index (χ0) is 21.6. The van der Waals surface area contributed by atoms with Gasteiger partial charge in [0.25, 0.3) is 0 Å². The van der Waals surface area contributed by atoms with Crippen molar-refractivity contribution in [2.45, 2.75) is 24.7 Å². The Labute approximate surface area is 177 Å². The number of carbonyl (C=O) groups excluding carboxylic acids is 1. The molecule has 0 fully saturated rings. The minimum absolute atomic E-state index is 0.0386. The van der Waals surface area contributed by atoms with Gasteiger partial charge >= 0.3 is 0 Å². The molecule has 0 saturated heterocycles. The van der Waals surface area contributed by atoms with Gasteiger partial charge in [-0.25, -0.2) is 12.7 Å². The van der Waals surface area contributed by atoms with Gasteiger partial charge in [-0.2, -0.15) is 0 Å². The summed E-state index contributed by atoms with van der Waals surface area (Å²) in [5.74, 6) is 1.03. The number of hydrogen-bond acceptors (Lipinski definition) is 6. The molecule has 30 heavy (non-hydrogen) atoms. The lowest BCUT2D eigenvalue weighted by Gasteiger charge is -2.19. The average molecular weight is 434 g/mol. The van der Waals surface area contributed by atoms with Crippen molar-refractivity contribution in [3.63, 3.8) is 0 Å². The number of benzene rings is 2. The molecule has 0 radical (unpaired) electrons. The van der Waals surface area contributed by atoms with Crippen LogP contribution in [-0.4, -0.2) is 52.0 Å². The number of nitrogens with one attached hydrogen (secondary N) is 2. The van der Waals surface area contributed by atoms with Gasteiger partial charge in [-0.15, -0.1) is 0 Å². The number of amides is 1. The first-order valence-corrected chi connectivity index (χ1v) is 11.3. The predicted octanol–water partition coefficient (Wildman–Crippen LogP) is 2.93. The van der Waals surface area contributed by atoms with Crippen molar-refractivity contribution in [1.29, 1.82) is 0 Å². The topological polar surface area (TPSA) is 97.0 Å². The number of carbonyl (C=O) groups is 1. The van der Waals surface area contributed by atoms with E-state index in [2.05, 4.69) is 10.6 Å². The van der Waals surface area contributed by atoms with Crippen LogP contribution in [0.2, 0.25) is 0 Å². The highest BCUT2D eigenvalue weighted by atomic mass is 32.2. The molecule has 1 aliphatic heterocycles. The van der Waals surface area contributed by atoms with Crippen LogP contribution in [-0.2, 0) is 14.8 Å². The van der Waals surface area contributed by atoms with E-state index in [0.717, 1.165) is 12.8 Å². The first kappa shape index (κ1) is 21.9. The van der Waals surface area contributed by atoms with Gasteiger partial charge in [0, 0.05) is 31.0 Å². The van der Waals surface area contributed by atoms with E-state index in [0.29, 0.717) is 42.6 Å². The van der Waals surface area contributed by atoms with E-state index < -0.39 is 10.0 Å². The molecule has 0 atom stereocenters. The third-order valence-electron chi connectivity index (χ3n) is 4.67. The van der Waals surface area contributed by atoms with Gasteiger partial charge in [0.15, 0.2) is 11.5 Å². The zero-order valence-electron chi connectivity index (χ0n) is 17.2. The Balaban J connectivity index is 1.54. The first-order chi connectivity index (χ1) is 14.4. The predicted molar refractivity (Wildman–Crippen MR) is 116 cm³/mol. The molecule has 9 heteroatoms. The Morgan fingerprint density at radius 2 is 1.70 bits per heavy atom. The lowest BCUT2D eigenvalue weighted by molar-refractivity contribution is -0.114. The normalized spacial score (nSPS) is 13.2. The summed E-state index contributed by atoms with van der Waals surface area (Å²) in [5.41, 5.74) is 1.27. The summed E-state index contributed by atoms with van der Waals surface area (Å²) in [4.78, 5) is 12.5. The number of anilines is 2. The number of unbranched alkanes of at least 4 members (excludes halogenated alkanes) is 1. The molecule has 0 unspecified atom stereocenters. The van der Waals surface area contributed by atoms with Crippen molar-refractivity contribution < 1.29 is 22.7 Å². The van der Waals surface area contributed by atoms with Crippen LogP contribution in [0.4, 0.5) is 11.4 Å². The first-order valence-electron chi connectivity index (χ1n) is 9.90. The van der Waals surface area contributed by atoms with Crippen molar-refractivity contribution in [2.24, 2.45) is 0 Å². The van der Waals surface area contributed by atoms with Crippen LogP contribution in [0, 0.1) is 0 Å². The Morgan fingerprint density at radius 1 is 1.03 bits per heavy atom. The van der Waals surface area contributed by atoms with Gasteiger partial charge in [-0.1, -0.05) is 13.3 Å². The smallest absolute Gasteiger partial charge is 0.243 e. The second kappa shape index (κ2) is 9.82. The van der Waals surface area contributed by atoms with Crippen LogP contribution in [0.3, 0.4) is 0 Å². The van der Waals surface area contributed by atoms with E-state index >= 15 is 0 Å². The fourth-order valence-electron chi connectivity index (χ4n) is 2.93. The van der Waals surface area contributed by atoms with E-state index in [1.165, 1.54) is 4.31 Å². The van der Waals surface area contributed by atoms with E-state index in [9.17, 15) is 13.2 Å². The number of rotatable bonds is 9. The maximum absolute atomic E-state index is 12.5. The minimum atomic E-state index is -3.50. The van der Waals surface area contributed by atoms with Crippen LogP contribution < -0.4 is 20.1 Å². The van der Waals surface area contributed by atoms with E-state index in [-0.39, 0.29) is 17.3 Å². The molecule has 2 aromatic rings. The van der Waals surface area contributed by atoms with Crippen molar-refractivity contribution in [3.8, 4) is 11.5 Å². The lowest BCUT2D eigenvalue weighted by atomic mass is 10.2. The molecule has 2 aromatic carbocycles. The van der Waals surface area contributed by atoms with Gasteiger partial charge < -0.3 is 20.1 Å². The zero-order valence-corrected chi connectivity index (χ0v) is 18.0. The molecule has 2 N–H and O–H groups in total. The van der Waals surface area contributed by atoms with E-state index in [1.807, 2.05) is 6.92 Å². The molecule has 8 nitrogen and oxygen atoms in total. The van der Waals surface area contributed by atoms with Crippen LogP contribution in [0.1, 0.15) is 19.8 Å². The SMILES string of the molecule is CCCCN(C)S(=O)(=O)c1ccc(NCC(=O)Nc2ccc3c(c2)OCCO3)cc1. The Kier molecular flexibility index (Phi) is 7.17. The summed E-state index contributed by atoms with van der Waals surface area (Å²) >= 11 is 0. The molecule has 3 rings (SSSR count). The average Bonchev–Trinajstić information content (AvgIpc) is 2.76. The van der Waals surface area contributed by atoms with Gasteiger partial charge in [0.2, 0.25) is 15.9 Å². The van der Waals surface area contributed by atoms with E-state index in [4.69, 9.17) is 9.47 Å². The summed E-state index contributed by atoms with van der Waals surface area (Å²) in [5, 5.41) is 5.79. The highest BCUT2D eigenvalue weighted by Crippen LogP contribution is 2.32. The van der Waals surface area contributed by atoms with Crippen molar-refractivity contribution in [3.05, 3.63) is 42.5 Å². The van der Waals surface area contributed by atoms with Gasteiger partial charge in [-0.05, 0) is 42.8 Å². The molecule has 0 aromatic heterocycles. The minimum Gasteiger partial charge on any atom is -0.486 e. The highest BCUT2D eigenvalue weighted by molar-refractivity contribution is 7.89. The molecule has 162 valence electrons. The second-order valence-electron chi connectivity index (χ2n) is 6.96. The summed E-state index contributed by atoms with van der Waals surface area (Å²) < 4.78 is 37.4. The molecule has 0 bridgehead atoms. The summed E-state index contributed by atoms with van der Waals surface area (Å²) in [7, 11) is -1.92. The number of hydrogen-bond donors (Lipinski definition) is 2. The fraction of sp³-hybridized carbons (Fsp3) is 0.381. The number of nitrogens with zero attached hydrogens (tertiary/aromatic N) is 1. The molecule has 1 amide bonds. The maximum atomic E-state index is 12.5. The molecular weight excluding hydrogens is 406 g/mol. The largest absolute Gasteiger partial charge is 0.486 e. The fourth-order valence-corrected chi connectivity index (χ4v) is 4.14. The number of sulfonamides is 1. The van der Waals surface area contributed by atoms with Gasteiger partial charge in [-0.3, -0.25) is 4.79 Å². The summed E-state index contributed by atoms with van der Waals surface area (Å²) in [6.45, 7) is 3.53. The van der Waals surface area contributed by atoms with Crippen LogP contribution in [0.15, 0.2) is 47.4 Å². The number of ether oxygens (including phenoxy) is 2. The van der Waals surface area contributed by atoms with Crippen LogP contribution in [0.25, 0.3) is 0 Å². The third kappa shape index (κ3) is 5.43. The quantitative estimate of drug-likeness (QED) is 0.631. The molecular formula is C21H27N3O5S. The molecule has 0 spiro atoms. The highest BCUT2D eigenvalue weighted by Gasteiger charge is 2.20. The third-order valence-corrected chi connectivity index (χ3v) is 6.54. The molecule has 0 saturated carbocycles. The molecule has 1 aliphatic rings.